The molecule has 1 aliphatic rings. The quantitative estimate of drug-likeness (QED) is 0.761. The molecular formula is C20H23N5O. The summed E-state index contributed by atoms with van der Waals surface area (Å²) in [5.41, 5.74) is 12.2. The molecule has 2 heterocycles. The van der Waals surface area contributed by atoms with Crippen LogP contribution in [0.15, 0.2) is 42.7 Å². The first-order chi connectivity index (χ1) is 12.5. The third-order valence-corrected chi connectivity index (χ3v) is 5.23. The average molecular weight is 349 g/mol. The molecule has 1 aromatic carbocycles. The van der Waals surface area contributed by atoms with Crippen molar-refractivity contribution in [1.82, 2.24) is 19.7 Å². The summed E-state index contributed by atoms with van der Waals surface area (Å²) in [6.07, 6.45) is 4.50. The van der Waals surface area contributed by atoms with E-state index in [-0.39, 0.29) is 18.0 Å². The number of aryl methyl sites for hydroxylation is 2. The van der Waals surface area contributed by atoms with E-state index in [0.29, 0.717) is 5.56 Å². The van der Waals surface area contributed by atoms with Gasteiger partial charge in [-0.2, -0.15) is 5.10 Å². The average Bonchev–Trinajstić information content (AvgIpc) is 3.25. The molecule has 3 N–H and O–H groups in total. The Balaban J connectivity index is 1.58. The molecule has 2 aromatic heterocycles. The van der Waals surface area contributed by atoms with Crippen molar-refractivity contribution in [2.45, 2.75) is 32.4 Å². The van der Waals surface area contributed by atoms with Gasteiger partial charge in [-0.25, -0.2) is 0 Å². The van der Waals surface area contributed by atoms with Gasteiger partial charge in [-0.05, 0) is 37.5 Å². The standard InChI is InChI=1S/C20H23N5O/c1-12-8-17(13(2)25(12)15-10-22-24(3)11-15)20(26)23-18-9-14-6-4-5-7-16(14)19(18)21/h4-8,10-11,18-19H,9,21H2,1-3H3,(H,23,26)/t18-,19-/m1/s1. The fraction of sp³-hybridized carbons (Fsp3) is 0.300. The maximum Gasteiger partial charge on any atom is 0.253 e. The molecule has 0 spiro atoms. The van der Waals surface area contributed by atoms with Crippen molar-refractivity contribution in [2.24, 2.45) is 12.8 Å². The number of carbonyl (C=O) groups is 1. The molecule has 134 valence electrons. The zero-order chi connectivity index (χ0) is 18.4. The van der Waals surface area contributed by atoms with Crippen molar-refractivity contribution in [2.75, 3.05) is 0 Å². The van der Waals surface area contributed by atoms with E-state index >= 15 is 0 Å². The van der Waals surface area contributed by atoms with Gasteiger partial charge in [0.1, 0.15) is 0 Å². The van der Waals surface area contributed by atoms with Gasteiger partial charge in [-0.1, -0.05) is 24.3 Å². The van der Waals surface area contributed by atoms with E-state index in [4.69, 9.17) is 5.73 Å². The molecule has 3 aromatic rings. The summed E-state index contributed by atoms with van der Waals surface area (Å²) < 4.78 is 3.80. The maximum absolute atomic E-state index is 12.9. The first-order valence-electron chi connectivity index (χ1n) is 8.78. The fourth-order valence-electron chi connectivity index (χ4n) is 3.93. The number of nitrogens with one attached hydrogen (secondary N) is 1. The van der Waals surface area contributed by atoms with Gasteiger partial charge in [0.25, 0.3) is 5.91 Å². The normalized spacial score (nSPS) is 18.8. The van der Waals surface area contributed by atoms with Gasteiger partial charge in [0.15, 0.2) is 0 Å². The molecule has 0 bridgehead atoms. The molecule has 6 heteroatoms. The predicted octanol–water partition coefficient (Wildman–Crippen LogP) is 2.18. The lowest BCUT2D eigenvalue weighted by Crippen LogP contribution is -2.40. The minimum Gasteiger partial charge on any atom is -0.347 e. The van der Waals surface area contributed by atoms with E-state index in [2.05, 4.69) is 16.5 Å². The number of nitrogens with two attached hydrogens (primary N) is 1. The minimum atomic E-state index is -0.169. The van der Waals surface area contributed by atoms with E-state index in [1.54, 1.807) is 10.9 Å². The summed E-state index contributed by atoms with van der Waals surface area (Å²) in [7, 11) is 1.88. The van der Waals surface area contributed by atoms with Crippen molar-refractivity contribution in [3.8, 4) is 5.69 Å². The summed E-state index contributed by atoms with van der Waals surface area (Å²) in [5, 5.41) is 7.36. The summed E-state index contributed by atoms with van der Waals surface area (Å²) in [6, 6.07) is 9.79. The van der Waals surface area contributed by atoms with Gasteiger partial charge >= 0.3 is 0 Å². The van der Waals surface area contributed by atoms with Crippen molar-refractivity contribution >= 4 is 5.91 Å². The van der Waals surface area contributed by atoms with E-state index in [0.717, 1.165) is 29.1 Å². The van der Waals surface area contributed by atoms with Crippen molar-refractivity contribution < 1.29 is 4.79 Å². The number of fused-ring (bicyclic) bond motifs is 1. The first-order valence-corrected chi connectivity index (χ1v) is 8.78. The van der Waals surface area contributed by atoms with Crippen molar-refractivity contribution in [3.63, 3.8) is 0 Å². The van der Waals surface area contributed by atoms with Gasteiger partial charge in [-0.15, -0.1) is 0 Å². The number of benzene rings is 1. The van der Waals surface area contributed by atoms with Crippen molar-refractivity contribution in [1.29, 1.82) is 0 Å². The van der Waals surface area contributed by atoms with Crippen LogP contribution in [0.25, 0.3) is 5.69 Å². The second-order valence-corrected chi connectivity index (χ2v) is 7.00. The first kappa shape index (κ1) is 16.6. The molecule has 26 heavy (non-hydrogen) atoms. The van der Waals surface area contributed by atoms with Gasteiger partial charge < -0.3 is 15.6 Å². The minimum absolute atomic E-state index is 0.0819. The Morgan fingerprint density at radius 2 is 2.08 bits per heavy atom. The largest absolute Gasteiger partial charge is 0.347 e. The van der Waals surface area contributed by atoms with Crippen LogP contribution in [0.4, 0.5) is 0 Å². The lowest BCUT2D eigenvalue weighted by molar-refractivity contribution is 0.0933. The number of hydrogen-bond donors (Lipinski definition) is 2. The van der Waals surface area contributed by atoms with Crippen LogP contribution in [0.1, 0.15) is 38.9 Å². The van der Waals surface area contributed by atoms with Crippen LogP contribution in [0.3, 0.4) is 0 Å². The van der Waals surface area contributed by atoms with Crippen LogP contribution in [0.5, 0.6) is 0 Å². The highest BCUT2D eigenvalue weighted by Gasteiger charge is 2.31. The monoisotopic (exact) mass is 349 g/mol. The Kier molecular flexibility index (Phi) is 3.92. The molecule has 1 aliphatic carbocycles. The Labute approximate surface area is 152 Å². The van der Waals surface area contributed by atoms with Gasteiger partial charge in [0.05, 0.1) is 29.5 Å². The molecule has 6 nitrogen and oxygen atoms in total. The maximum atomic E-state index is 12.9. The fourth-order valence-corrected chi connectivity index (χ4v) is 3.93. The summed E-state index contributed by atoms with van der Waals surface area (Å²) in [5.74, 6) is -0.0819. The van der Waals surface area contributed by atoms with Crippen molar-refractivity contribution in [3.05, 3.63) is 70.8 Å². The Morgan fingerprint density at radius 1 is 1.31 bits per heavy atom. The smallest absolute Gasteiger partial charge is 0.253 e. The van der Waals surface area contributed by atoms with E-state index < -0.39 is 0 Å². The molecule has 0 radical (unpaired) electrons. The molecular weight excluding hydrogens is 326 g/mol. The van der Waals surface area contributed by atoms with Crippen LogP contribution in [0, 0.1) is 13.8 Å². The van der Waals surface area contributed by atoms with Gasteiger partial charge in [0, 0.05) is 24.6 Å². The Bertz CT molecular complexity index is 984. The highest BCUT2D eigenvalue weighted by atomic mass is 16.1. The van der Waals surface area contributed by atoms with E-state index in [1.165, 1.54) is 5.56 Å². The third-order valence-electron chi connectivity index (χ3n) is 5.23. The number of nitrogens with zero attached hydrogens (tertiary/aromatic N) is 3. The Morgan fingerprint density at radius 3 is 2.77 bits per heavy atom. The Hall–Kier alpha value is -2.86. The van der Waals surface area contributed by atoms with Crippen LogP contribution in [-0.2, 0) is 13.5 Å². The lowest BCUT2D eigenvalue weighted by Gasteiger charge is -2.18. The lowest BCUT2D eigenvalue weighted by atomic mass is 10.1. The summed E-state index contributed by atoms with van der Waals surface area (Å²) in [4.78, 5) is 12.9. The highest BCUT2D eigenvalue weighted by Crippen LogP contribution is 2.30. The second kappa shape index (κ2) is 6.14. The van der Waals surface area contributed by atoms with Gasteiger partial charge in [-0.3, -0.25) is 9.48 Å². The number of rotatable bonds is 3. The number of hydrogen-bond acceptors (Lipinski definition) is 3. The van der Waals surface area contributed by atoms with E-state index in [1.807, 2.05) is 55.9 Å². The molecule has 0 aliphatic heterocycles. The van der Waals surface area contributed by atoms with Crippen LogP contribution < -0.4 is 11.1 Å². The molecule has 2 atom stereocenters. The van der Waals surface area contributed by atoms with Gasteiger partial charge in [0.2, 0.25) is 0 Å². The zero-order valence-corrected chi connectivity index (χ0v) is 15.2. The molecule has 0 unspecified atom stereocenters. The van der Waals surface area contributed by atoms with Crippen LogP contribution in [0.2, 0.25) is 0 Å². The molecule has 4 rings (SSSR count). The number of amides is 1. The molecule has 0 saturated carbocycles. The highest BCUT2D eigenvalue weighted by molar-refractivity contribution is 5.96. The summed E-state index contributed by atoms with van der Waals surface area (Å²) in [6.45, 7) is 3.95. The number of carbonyl (C=O) groups excluding carboxylic acids is 1. The SMILES string of the molecule is Cc1cc(C(=O)N[C@@H]2Cc3ccccc3[C@H]2N)c(C)n1-c1cnn(C)c1. The molecule has 0 fully saturated rings. The van der Waals surface area contributed by atoms with Crippen LogP contribution in [-0.4, -0.2) is 26.3 Å². The molecule has 1 amide bonds. The topological polar surface area (TPSA) is 77.9 Å². The zero-order valence-electron chi connectivity index (χ0n) is 15.2. The predicted molar refractivity (Wildman–Crippen MR) is 100 cm³/mol. The summed E-state index contributed by atoms with van der Waals surface area (Å²) >= 11 is 0. The van der Waals surface area contributed by atoms with E-state index in [9.17, 15) is 4.79 Å². The van der Waals surface area contributed by atoms with Crippen LogP contribution >= 0.6 is 0 Å². The molecule has 0 saturated heterocycles. The second-order valence-electron chi connectivity index (χ2n) is 7.00. The third kappa shape index (κ3) is 2.63. The number of aromatic nitrogens is 3.